The molecule has 1 heterocycles. The number of benzene rings is 1. The van der Waals surface area contributed by atoms with Gasteiger partial charge in [-0.1, -0.05) is 11.6 Å². The molecule has 2 rings (SSSR count). The largest absolute Gasteiger partial charge is 0.383 e. The first kappa shape index (κ1) is 13.7. The van der Waals surface area contributed by atoms with Gasteiger partial charge in [-0.05, 0) is 23.8 Å². The molecule has 18 heavy (non-hydrogen) atoms. The molecule has 0 radical (unpaired) electrons. The van der Waals surface area contributed by atoms with Gasteiger partial charge in [-0.15, -0.1) is 0 Å². The minimum atomic E-state index is -0.306. The van der Waals surface area contributed by atoms with Gasteiger partial charge >= 0.3 is 0 Å². The third-order valence-electron chi connectivity index (χ3n) is 3.37. The number of ether oxygens (including phenoxy) is 1. The lowest BCUT2D eigenvalue weighted by atomic mass is 9.95. The molecule has 1 aromatic rings. The molecule has 0 bridgehead atoms. The summed E-state index contributed by atoms with van der Waals surface area (Å²) in [5.74, 6) is -0.171. The SMILES string of the molecule is COCCN1C[C@H](c2cc(F)cc(Cl)c2)[C@@H](N)C1. The number of likely N-dealkylation sites (tertiary alicyclic amines) is 1. The van der Waals surface area contributed by atoms with E-state index in [0.717, 1.165) is 25.2 Å². The zero-order chi connectivity index (χ0) is 13.1. The van der Waals surface area contributed by atoms with Crippen LogP contribution in [-0.2, 0) is 4.74 Å². The first-order valence-electron chi connectivity index (χ1n) is 6.03. The lowest BCUT2D eigenvalue weighted by molar-refractivity contribution is 0.160. The molecule has 1 aliphatic rings. The highest BCUT2D eigenvalue weighted by Crippen LogP contribution is 2.28. The molecular weight excluding hydrogens is 255 g/mol. The van der Waals surface area contributed by atoms with E-state index in [0.29, 0.717) is 11.6 Å². The lowest BCUT2D eigenvalue weighted by Gasteiger charge is -2.16. The van der Waals surface area contributed by atoms with Crippen molar-refractivity contribution in [1.29, 1.82) is 0 Å². The fraction of sp³-hybridized carbons (Fsp3) is 0.538. The van der Waals surface area contributed by atoms with Gasteiger partial charge in [0.1, 0.15) is 5.82 Å². The van der Waals surface area contributed by atoms with Crippen LogP contribution in [-0.4, -0.2) is 44.3 Å². The standard InChI is InChI=1S/C13H18ClFN2O/c1-18-3-2-17-7-12(13(16)8-17)9-4-10(14)6-11(15)5-9/h4-6,12-13H,2-3,7-8,16H2,1H3/t12-,13+/m1/s1. The number of methoxy groups -OCH3 is 1. The van der Waals surface area contributed by atoms with Gasteiger partial charge in [0.25, 0.3) is 0 Å². The molecule has 100 valence electrons. The van der Waals surface area contributed by atoms with E-state index in [9.17, 15) is 4.39 Å². The van der Waals surface area contributed by atoms with Crippen molar-refractivity contribution in [1.82, 2.24) is 4.90 Å². The van der Waals surface area contributed by atoms with Gasteiger partial charge in [0, 0.05) is 43.7 Å². The molecule has 1 aliphatic heterocycles. The number of hydrogen-bond donors (Lipinski definition) is 1. The van der Waals surface area contributed by atoms with Crippen LogP contribution in [0.5, 0.6) is 0 Å². The Hall–Kier alpha value is -0.680. The summed E-state index contributed by atoms with van der Waals surface area (Å²) in [6, 6.07) is 4.65. The van der Waals surface area contributed by atoms with E-state index >= 15 is 0 Å². The number of halogens is 2. The van der Waals surface area contributed by atoms with Crippen molar-refractivity contribution in [2.75, 3.05) is 33.4 Å². The Balaban J connectivity index is 2.08. The van der Waals surface area contributed by atoms with Gasteiger partial charge in [0.2, 0.25) is 0 Å². The zero-order valence-corrected chi connectivity index (χ0v) is 11.2. The molecule has 0 saturated carbocycles. The quantitative estimate of drug-likeness (QED) is 0.909. The molecule has 0 aliphatic carbocycles. The van der Waals surface area contributed by atoms with Gasteiger partial charge in [0.15, 0.2) is 0 Å². The maximum absolute atomic E-state index is 13.3. The monoisotopic (exact) mass is 272 g/mol. The van der Waals surface area contributed by atoms with Crippen LogP contribution in [0, 0.1) is 5.82 Å². The number of hydrogen-bond acceptors (Lipinski definition) is 3. The van der Waals surface area contributed by atoms with Crippen LogP contribution in [0.3, 0.4) is 0 Å². The molecule has 1 aromatic carbocycles. The third kappa shape index (κ3) is 3.20. The molecule has 1 saturated heterocycles. The van der Waals surface area contributed by atoms with E-state index in [2.05, 4.69) is 4.90 Å². The van der Waals surface area contributed by atoms with Crippen molar-refractivity contribution in [2.45, 2.75) is 12.0 Å². The molecule has 2 atom stereocenters. The van der Waals surface area contributed by atoms with Crippen LogP contribution in [0.2, 0.25) is 5.02 Å². The summed E-state index contributed by atoms with van der Waals surface area (Å²) in [4.78, 5) is 2.23. The lowest BCUT2D eigenvalue weighted by Crippen LogP contribution is -2.30. The molecular formula is C13H18ClFN2O. The van der Waals surface area contributed by atoms with Gasteiger partial charge in [-0.2, -0.15) is 0 Å². The maximum atomic E-state index is 13.3. The Kier molecular flexibility index (Phi) is 4.56. The Morgan fingerprint density at radius 3 is 2.89 bits per heavy atom. The van der Waals surface area contributed by atoms with Gasteiger partial charge in [-0.3, -0.25) is 4.90 Å². The van der Waals surface area contributed by atoms with Crippen molar-refractivity contribution in [2.24, 2.45) is 5.73 Å². The molecule has 2 N–H and O–H groups in total. The van der Waals surface area contributed by atoms with Crippen molar-refractivity contribution < 1.29 is 9.13 Å². The summed E-state index contributed by atoms with van der Waals surface area (Å²) >= 11 is 5.88. The van der Waals surface area contributed by atoms with Crippen LogP contribution in [0.1, 0.15) is 11.5 Å². The average Bonchev–Trinajstić information content (AvgIpc) is 2.66. The highest BCUT2D eigenvalue weighted by atomic mass is 35.5. The molecule has 0 amide bonds. The van der Waals surface area contributed by atoms with Crippen LogP contribution in [0.15, 0.2) is 18.2 Å². The minimum Gasteiger partial charge on any atom is -0.383 e. The highest BCUT2D eigenvalue weighted by molar-refractivity contribution is 6.30. The Morgan fingerprint density at radius 2 is 2.22 bits per heavy atom. The minimum absolute atomic E-state index is 0.0136. The topological polar surface area (TPSA) is 38.5 Å². The smallest absolute Gasteiger partial charge is 0.124 e. The van der Waals surface area contributed by atoms with Crippen LogP contribution in [0.4, 0.5) is 4.39 Å². The Morgan fingerprint density at radius 1 is 1.44 bits per heavy atom. The molecule has 0 unspecified atom stereocenters. The van der Waals surface area contributed by atoms with E-state index < -0.39 is 0 Å². The second-order valence-corrected chi connectivity index (χ2v) is 5.16. The second-order valence-electron chi connectivity index (χ2n) is 4.73. The van der Waals surface area contributed by atoms with Crippen molar-refractivity contribution in [3.05, 3.63) is 34.6 Å². The number of nitrogens with two attached hydrogens (primary N) is 1. The zero-order valence-electron chi connectivity index (χ0n) is 10.4. The fourth-order valence-electron chi connectivity index (χ4n) is 2.46. The molecule has 0 aromatic heterocycles. The van der Waals surface area contributed by atoms with Crippen LogP contribution < -0.4 is 5.73 Å². The molecule has 3 nitrogen and oxygen atoms in total. The molecule has 1 fully saturated rings. The van der Waals surface area contributed by atoms with E-state index in [1.54, 1.807) is 13.2 Å². The average molecular weight is 273 g/mol. The van der Waals surface area contributed by atoms with E-state index in [1.165, 1.54) is 12.1 Å². The fourth-order valence-corrected chi connectivity index (χ4v) is 2.69. The summed E-state index contributed by atoms with van der Waals surface area (Å²) in [5, 5.41) is 0.424. The van der Waals surface area contributed by atoms with Crippen LogP contribution >= 0.6 is 11.6 Å². The molecule has 5 heteroatoms. The van der Waals surface area contributed by atoms with Crippen molar-refractivity contribution >= 4 is 11.6 Å². The van der Waals surface area contributed by atoms with Crippen LogP contribution in [0.25, 0.3) is 0 Å². The van der Waals surface area contributed by atoms with E-state index in [4.69, 9.17) is 22.1 Å². The Labute approximate surface area is 112 Å². The first-order valence-corrected chi connectivity index (χ1v) is 6.41. The van der Waals surface area contributed by atoms with E-state index in [-0.39, 0.29) is 17.8 Å². The number of rotatable bonds is 4. The van der Waals surface area contributed by atoms with Crippen molar-refractivity contribution in [3.63, 3.8) is 0 Å². The first-order chi connectivity index (χ1) is 8.60. The summed E-state index contributed by atoms with van der Waals surface area (Å²) < 4.78 is 18.4. The summed E-state index contributed by atoms with van der Waals surface area (Å²) in [6.45, 7) is 3.17. The summed E-state index contributed by atoms with van der Waals surface area (Å²) in [7, 11) is 1.68. The van der Waals surface area contributed by atoms with Gasteiger partial charge < -0.3 is 10.5 Å². The normalized spacial score (nSPS) is 24.7. The summed E-state index contributed by atoms with van der Waals surface area (Å²) in [6.07, 6.45) is 0. The van der Waals surface area contributed by atoms with Gasteiger partial charge in [0.05, 0.1) is 6.61 Å². The second kappa shape index (κ2) is 5.97. The predicted octanol–water partition coefficient (Wildman–Crippen LogP) is 1.85. The molecule has 0 spiro atoms. The van der Waals surface area contributed by atoms with E-state index in [1.807, 2.05) is 0 Å². The third-order valence-corrected chi connectivity index (χ3v) is 3.58. The maximum Gasteiger partial charge on any atom is 0.124 e. The predicted molar refractivity (Wildman–Crippen MR) is 70.4 cm³/mol. The highest BCUT2D eigenvalue weighted by Gasteiger charge is 2.31. The van der Waals surface area contributed by atoms with Gasteiger partial charge in [-0.25, -0.2) is 4.39 Å². The van der Waals surface area contributed by atoms with Crippen molar-refractivity contribution in [3.8, 4) is 0 Å². The Bertz CT molecular complexity index is 396. The number of nitrogens with zero attached hydrogens (tertiary/aromatic N) is 1. The summed E-state index contributed by atoms with van der Waals surface area (Å²) in [5.41, 5.74) is 7.01.